The number of primary sulfonamides is 1. The van der Waals surface area contributed by atoms with Crippen molar-refractivity contribution in [1.29, 1.82) is 0 Å². The minimum absolute atomic E-state index is 0.132. The van der Waals surface area contributed by atoms with Gasteiger partial charge in [-0.3, -0.25) is 0 Å². The summed E-state index contributed by atoms with van der Waals surface area (Å²) in [5.41, 5.74) is -0.174. The Morgan fingerprint density at radius 2 is 2.08 bits per heavy atom. The Morgan fingerprint density at radius 1 is 1.40 bits per heavy atom. The smallest absolute Gasteiger partial charge is 0.239 e. The normalized spacial score (nSPS) is 29.0. The molecule has 2 fully saturated rings. The first-order valence-corrected chi connectivity index (χ1v) is 10.2. The van der Waals surface area contributed by atoms with Gasteiger partial charge in [-0.05, 0) is 51.5 Å². The summed E-state index contributed by atoms with van der Waals surface area (Å²) in [5, 5.41) is 5.19. The summed E-state index contributed by atoms with van der Waals surface area (Å²) >= 11 is 6.04. The molecule has 1 aliphatic carbocycles. The van der Waals surface area contributed by atoms with Gasteiger partial charge in [-0.2, -0.15) is 0 Å². The summed E-state index contributed by atoms with van der Waals surface area (Å²) in [4.78, 5) is 3.83. The Hall–Kier alpha value is -0.930. The molecule has 0 radical (unpaired) electrons. The third kappa shape index (κ3) is 4.43. The van der Waals surface area contributed by atoms with Crippen molar-refractivity contribution in [2.75, 3.05) is 13.2 Å². The van der Waals surface area contributed by atoms with Crippen LogP contribution in [-0.4, -0.2) is 38.0 Å². The van der Waals surface area contributed by atoms with Crippen molar-refractivity contribution in [2.24, 2.45) is 11.1 Å². The molecule has 0 unspecified atom stereocenters. The quantitative estimate of drug-likeness (QED) is 0.847. The minimum Gasteiger partial charge on any atom is -0.476 e. The van der Waals surface area contributed by atoms with E-state index in [1.807, 2.05) is 13.8 Å². The fourth-order valence-corrected chi connectivity index (χ4v) is 4.14. The fourth-order valence-electron chi connectivity index (χ4n) is 3.37. The highest BCUT2D eigenvalue weighted by Crippen LogP contribution is 2.43. The van der Waals surface area contributed by atoms with Crippen LogP contribution in [0, 0.1) is 5.92 Å². The maximum Gasteiger partial charge on any atom is 0.239 e. The lowest BCUT2D eigenvalue weighted by Gasteiger charge is -2.36. The SMILES string of the molecule is CC1(C)OC[C@]2(CC[C@H](COc3ncc(S(N)(=O)=O)cc3Cl)CC2)O1. The minimum atomic E-state index is -3.83. The summed E-state index contributed by atoms with van der Waals surface area (Å²) < 4.78 is 40.1. The van der Waals surface area contributed by atoms with E-state index in [1.165, 1.54) is 6.07 Å². The van der Waals surface area contributed by atoms with Crippen LogP contribution in [-0.2, 0) is 19.5 Å². The molecule has 7 nitrogen and oxygen atoms in total. The van der Waals surface area contributed by atoms with E-state index in [2.05, 4.69) is 4.98 Å². The number of sulfonamides is 1. The number of hydrogen-bond donors (Lipinski definition) is 1. The lowest BCUT2D eigenvalue weighted by molar-refractivity contribution is -0.169. The molecule has 25 heavy (non-hydrogen) atoms. The molecule has 140 valence electrons. The molecule has 1 aliphatic heterocycles. The van der Waals surface area contributed by atoms with Gasteiger partial charge in [0.05, 0.1) is 25.0 Å². The first-order valence-electron chi connectivity index (χ1n) is 8.24. The summed E-state index contributed by atoms with van der Waals surface area (Å²) in [6.45, 7) is 4.99. The van der Waals surface area contributed by atoms with E-state index < -0.39 is 15.8 Å². The molecule has 0 amide bonds. The van der Waals surface area contributed by atoms with Crippen LogP contribution in [0.25, 0.3) is 0 Å². The number of ether oxygens (including phenoxy) is 3. The van der Waals surface area contributed by atoms with E-state index in [1.54, 1.807) is 0 Å². The molecule has 0 aromatic carbocycles. The third-order valence-electron chi connectivity index (χ3n) is 4.73. The van der Waals surface area contributed by atoms with E-state index in [9.17, 15) is 8.42 Å². The Bertz CT molecular complexity index is 745. The van der Waals surface area contributed by atoms with Gasteiger partial charge in [-0.25, -0.2) is 18.5 Å². The van der Waals surface area contributed by atoms with Crippen LogP contribution in [0.5, 0.6) is 5.88 Å². The van der Waals surface area contributed by atoms with Crippen LogP contribution in [0.3, 0.4) is 0 Å². The number of nitrogens with two attached hydrogens (primary N) is 1. The summed E-state index contributed by atoms with van der Waals surface area (Å²) in [5.74, 6) is 0.0796. The fraction of sp³-hybridized carbons (Fsp3) is 0.688. The van der Waals surface area contributed by atoms with Gasteiger partial charge >= 0.3 is 0 Å². The van der Waals surface area contributed by atoms with Crippen LogP contribution in [0.2, 0.25) is 5.02 Å². The van der Waals surface area contributed by atoms with Crippen molar-refractivity contribution in [3.05, 3.63) is 17.3 Å². The van der Waals surface area contributed by atoms with E-state index in [0.717, 1.165) is 31.9 Å². The van der Waals surface area contributed by atoms with E-state index in [4.69, 9.17) is 31.0 Å². The van der Waals surface area contributed by atoms with Crippen molar-refractivity contribution >= 4 is 21.6 Å². The number of hydrogen-bond acceptors (Lipinski definition) is 6. The molecule has 1 saturated heterocycles. The van der Waals surface area contributed by atoms with Gasteiger partial charge in [0.25, 0.3) is 0 Å². The van der Waals surface area contributed by atoms with Crippen molar-refractivity contribution in [2.45, 2.75) is 55.8 Å². The van der Waals surface area contributed by atoms with Crippen LogP contribution in [0.15, 0.2) is 17.2 Å². The molecule has 1 saturated carbocycles. The molecule has 0 atom stereocenters. The summed E-state index contributed by atoms with van der Waals surface area (Å²) in [6.07, 6.45) is 4.93. The van der Waals surface area contributed by atoms with Crippen molar-refractivity contribution in [1.82, 2.24) is 4.98 Å². The Labute approximate surface area is 152 Å². The maximum atomic E-state index is 11.3. The number of aromatic nitrogens is 1. The van der Waals surface area contributed by atoms with E-state index >= 15 is 0 Å². The standard InChI is InChI=1S/C16H23ClN2O5S/c1-15(2)23-10-16(24-15)5-3-11(4-6-16)9-22-14-13(17)7-12(8-19-14)25(18,20)21/h7-8,11H,3-6,9-10H2,1-2H3,(H2,18,20,21)/t11-,16+. The molecule has 1 spiro atoms. The highest BCUT2D eigenvalue weighted by atomic mass is 35.5. The average molecular weight is 391 g/mol. The number of nitrogens with zero attached hydrogens (tertiary/aromatic N) is 1. The first-order chi connectivity index (χ1) is 11.6. The van der Waals surface area contributed by atoms with Gasteiger partial charge in [-0.1, -0.05) is 11.6 Å². The van der Waals surface area contributed by atoms with Crippen LogP contribution in [0.4, 0.5) is 0 Å². The van der Waals surface area contributed by atoms with Crippen molar-refractivity contribution in [3.63, 3.8) is 0 Å². The molecule has 3 rings (SSSR count). The van der Waals surface area contributed by atoms with E-state index in [0.29, 0.717) is 19.1 Å². The maximum absolute atomic E-state index is 11.3. The van der Waals surface area contributed by atoms with Gasteiger partial charge < -0.3 is 14.2 Å². The van der Waals surface area contributed by atoms with Gasteiger partial charge in [-0.15, -0.1) is 0 Å². The lowest BCUT2D eigenvalue weighted by atomic mass is 9.79. The van der Waals surface area contributed by atoms with Gasteiger partial charge in [0, 0.05) is 0 Å². The number of halogens is 1. The Kier molecular flexibility index (Phi) is 5.02. The Morgan fingerprint density at radius 3 is 2.60 bits per heavy atom. The van der Waals surface area contributed by atoms with Crippen molar-refractivity contribution in [3.8, 4) is 5.88 Å². The van der Waals surface area contributed by atoms with Gasteiger partial charge in [0.15, 0.2) is 5.79 Å². The highest BCUT2D eigenvalue weighted by Gasteiger charge is 2.47. The molecule has 2 heterocycles. The average Bonchev–Trinajstić information content (AvgIpc) is 2.82. The van der Waals surface area contributed by atoms with Crippen LogP contribution >= 0.6 is 11.6 Å². The molecule has 2 aliphatic rings. The zero-order valence-corrected chi connectivity index (χ0v) is 15.9. The lowest BCUT2D eigenvalue weighted by Crippen LogP contribution is -2.39. The molecule has 0 bridgehead atoms. The molecular formula is C16H23ClN2O5S. The largest absolute Gasteiger partial charge is 0.476 e. The first kappa shape index (κ1) is 18.8. The van der Waals surface area contributed by atoms with Crippen LogP contribution in [0.1, 0.15) is 39.5 Å². The zero-order chi connectivity index (χ0) is 18.3. The zero-order valence-electron chi connectivity index (χ0n) is 14.3. The summed E-state index contributed by atoms with van der Waals surface area (Å²) in [7, 11) is -3.83. The highest BCUT2D eigenvalue weighted by molar-refractivity contribution is 7.89. The monoisotopic (exact) mass is 390 g/mol. The predicted molar refractivity (Wildman–Crippen MR) is 91.9 cm³/mol. The van der Waals surface area contributed by atoms with Gasteiger partial charge in [0.2, 0.25) is 15.9 Å². The third-order valence-corrected chi connectivity index (χ3v) is 5.88. The van der Waals surface area contributed by atoms with Crippen molar-refractivity contribution < 1.29 is 22.6 Å². The molecule has 9 heteroatoms. The second-order valence-electron chi connectivity index (χ2n) is 7.23. The Balaban J connectivity index is 1.54. The second kappa shape index (κ2) is 6.66. The molecule has 2 N–H and O–H groups in total. The second-order valence-corrected chi connectivity index (χ2v) is 9.20. The molecule has 1 aromatic rings. The van der Waals surface area contributed by atoms with E-state index in [-0.39, 0.29) is 21.4 Å². The van der Waals surface area contributed by atoms with Gasteiger partial charge in [0.1, 0.15) is 9.92 Å². The summed E-state index contributed by atoms with van der Waals surface area (Å²) in [6, 6.07) is 1.25. The predicted octanol–water partition coefficient (Wildman–Crippen LogP) is 2.47. The van der Waals surface area contributed by atoms with Crippen LogP contribution < -0.4 is 9.88 Å². The molecular weight excluding hydrogens is 368 g/mol. The number of pyridine rings is 1. The molecule has 1 aromatic heterocycles. The topological polar surface area (TPSA) is 101 Å². The number of rotatable bonds is 4.